The number of aliphatic hydroxyl groups excluding tert-OH is 1. The van der Waals surface area contributed by atoms with Gasteiger partial charge in [0.15, 0.2) is 12.6 Å². The van der Waals surface area contributed by atoms with E-state index in [1.807, 2.05) is 6.92 Å². The summed E-state index contributed by atoms with van der Waals surface area (Å²) in [6, 6.07) is 5.33. The quantitative estimate of drug-likeness (QED) is 0.366. The van der Waals surface area contributed by atoms with E-state index in [4.69, 9.17) is 22.7 Å². The second kappa shape index (κ2) is 8.49. The molecule has 2 rings (SSSR count). The summed E-state index contributed by atoms with van der Waals surface area (Å²) in [4.78, 5) is -0.0323. The van der Waals surface area contributed by atoms with E-state index in [1.54, 1.807) is 12.1 Å². The van der Waals surface area contributed by atoms with Gasteiger partial charge in [-0.2, -0.15) is 8.42 Å². The molecular formula is C14H22BO9PS. The third kappa shape index (κ3) is 4.93. The van der Waals surface area contributed by atoms with Crippen LogP contribution in [0.5, 0.6) is 0 Å². The Morgan fingerprint density at radius 2 is 1.81 bits per heavy atom. The van der Waals surface area contributed by atoms with Gasteiger partial charge < -0.3 is 23.6 Å². The minimum Gasteiger partial charge on any atom is -0.385 e. The Hall–Kier alpha value is -0.775. The molecule has 0 amide bonds. The Kier molecular flexibility index (Phi) is 7.03. The molecule has 0 radical (unpaired) electrons. The van der Waals surface area contributed by atoms with Gasteiger partial charge in [-0.25, -0.2) is 0 Å². The fraction of sp³-hybridized carbons (Fsp3) is 0.571. The summed E-state index contributed by atoms with van der Waals surface area (Å²) in [5.74, 6) is 0. The molecule has 0 bridgehead atoms. The van der Waals surface area contributed by atoms with E-state index in [0.29, 0.717) is 0 Å². The fourth-order valence-corrected chi connectivity index (χ4v) is 4.16. The molecule has 1 saturated heterocycles. The van der Waals surface area contributed by atoms with Gasteiger partial charge in [-0.15, -0.1) is 0 Å². The van der Waals surface area contributed by atoms with Gasteiger partial charge in [-0.05, 0) is 19.1 Å². The summed E-state index contributed by atoms with van der Waals surface area (Å²) >= 11 is 0. The van der Waals surface area contributed by atoms with E-state index >= 15 is 0 Å². The number of ether oxygens (including phenoxy) is 2. The average molecular weight is 408 g/mol. The lowest BCUT2D eigenvalue weighted by molar-refractivity contribution is -0.147. The van der Waals surface area contributed by atoms with Gasteiger partial charge in [-0.1, -0.05) is 17.7 Å². The van der Waals surface area contributed by atoms with Crippen LogP contribution in [-0.2, 0) is 37.4 Å². The fourth-order valence-electron chi connectivity index (χ4n) is 2.33. The molecule has 1 aromatic rings. The predicted molar refractivity (Wildman–Crippen MR) is 94.0 cm³/mol. The van der Waals surface area contributed by atoms with Crippen molar-refractivity contribution in [2.45, 2.75) is 36.3 Å². The number of aryl methyl sites for hydroxylation is 1. The van der Waals surface area contributed by atoms with Crippen molar-refractivity contribution in [1.29, 1.82) is 0 Å². The monoisotopic (exact) mass is 408 g/mol. The Bertz CT molecular complexity index is 746. The molecule has 1 N–H and O–H groups in total. The molecule has 12 heteroatoms. The lowest BCUT2D eigenvalue weighted by Crippen LogP contribution is -2.38. The normalized spacial score (nSPS) is 26.9. The topological polar surface area (TPSA) is 118 Å². The van der Waals surface area contributed by atoms with E-state index in [9.17, 15) is 18.1 Å². The Labute approximate surface area is 153 Å². The van der Waals surface area contributed by atoms with Gasteiger partial charge in [0.25, 0.3) is 10.1 Å². The minimum atomic E-state index is -4.10. The summed E-state index contributed by atoms with van der Waals surface area (Å²) < 4.78 is 62.0. The first-order valence-corrected chi connectivity index (χ1v) is 10.9. The van der Waals surface area contributed by atoms with Crippen molar-refractivity contribution < 1.29 is 40.8 Å². The highest BCUT2D eigenvalue weighted by Crippen LogP contribution is 2.46. The van der Waals surface area contributed by atoms with Crippen molar-refractivity contribution in [3.8, 4) is 0 Å². The van der Waals surface area contributed by atoms with Crippen molar-refractivity contribution in [3.63, 3.8) is 0 Å². The van der Waals surface area contributed by atoms with E-state index in [1.165, 1.54) is 34.2 Å². The summed E-state index contributed by atoms with van der Waals surface area (Å²) in [7, 11) is -3.64. The highest BCUT2D eigenvalue weighted by molar-refractivity contribution is 7.86. The van der Waals surface area contributed by atoms with Gasteiger partial charge in [0, 0.05) is 14.2 Å². The van der Waals surface area contributed by atoms with Crippen molar-refractivity contribution in [2.24, 2.45) is 0 Å². The van der Waals surface area contributed by atoms with Crippen molar-refractivity contribution in [1.82, 2.24) is 0 Å². The zero-order valence-corrected chi connectivity index (χ0v) is 16.6. The number of benzene rings is 1. The first-order chi connectivity index (χ1) is 12.1. The van der Waals surface area contributed by atoms with Crippen LogP contribution in [0.3, 0.4) is 0 Å². The van der Waals surface area contributed by atoms with Gasteiger partial charge in [0.2, 0.25) is 0 Å². The Morgan fingerprint density at radius 3 is 2.35 bits per heavy atom. The van der Waals surface area contributed by atoms with Crippen LogP contribution < -0.4 is 0 Å². The first kappa shape index (κ1) is 21.5. The highest BCUT2D eigenvalue weighted by atomic mass is 32.2. The standard InChI is InChI=1S/C14H22BO9PS/c1-9-4-6-10(7-5-9)26(18,19)24-12-11(16)14(23-13(12)15)22-8-25(17,20-2)21-3/h4-7,11-14,16H,8,15H2,1-3H3. The molecule has 1 aliphatic rings. The number of hydrogen-bond acceptors (Lipinski definition) is 9. The molecule has 26 heavy (non-hydrogen) atoms. The Morgan fingerprint density at radius 1 is 1.23 bits per heavy atom. The summed E-state index contributed by atoms with van der Waals surface area (Å²) in [5, 5.41) is 10.3. The predicted octanol–water partition coefficient (Wildman–Crippen LogP) is 0.205. The van der Waals surface area contributed by atoms with Crippen LogP contribution in [0, 0.1) is 6.92 Å². The van der Waals surface area contributed by atoms with E-state index in [2.05, 4.69) is 0 Å². The molecule has 1 aromatic carbocycles. The minimum absolute atomic E-state index is 0.0323. The van der Waals surface area contributed by atoms with E-state index in [0.717, 1.165) is 5.56 Å². The third-order valence-corrected chi connectivity index (χ3v) is 6.83. The summed E-state index contributed by atoms with van der Waals surface area (Å²) in [5.41, 5.74) is 0.899. The maximum Gasteiger partial charge on any atom is 0.355 e. The molecule has 0 spiro atoms. The maximum absolute atomic E-state index is 12.4. The molecule has 1 heterocycles. The van der Waals surface area contributed by atoms with Crippen molar-refractivity contribution >= 4 is 25.6 Å². The molecule has 9 nitrogen and oxygen atoms in total. The first-order valence-electron chi connectivity index (χ1n) is 7.77. The molecule has 1 aliphatic heterocycles. The number of aliphatic hydroxyl groups is 1. The van der Waals surface area contributed by atoms with Crippen molar-refractivity contribution in [3.05, 3.63) is 29.8 Å². The van der Waals surface area contributed by atoms with Crippen LogP contribution in [0.1, 0.15) is 5.56 Å². The smallest absolute Gasteiger partial charge is 0.355 e. The highest BCUT2D eigenvalue weighted by Gasteiger charge is 2.46. The molecule has 146 valence electrons. The van der Waals surface area contributed by atoms with Crippen LogP contribution in [0.4, 0.5) is 0 Å². The van der Waals surface area contributed by atoms with E-state index in [-0.39, 0.29) is 4.90 Å². The third-order valence-electron chi connectivity index (χ3n) is 3.93. The molecule has 1 fully saturated rings. The Balaban J connectivity index is 2.06. The van der Waals surface area contributed by atoms with Crippen LogP contribution >= 0.6 is 7.60 Å². The van der Waals surface area contributed by atoms with Crippen LogP contribution in [0.25, 0.3) is 0 Å². The second-order valence-electron chi connectivity index (χ2n) is 5.80. The van der Waals surface area contributed by atoms with Gasteiger partial charge in [-0.3, -0.25) is 8.75 Å². The van der Waals surface area contributed by atoms with Gasteiger partial charge in [0.1, 0.15) is 20.1 Å². The molecule has 4 unspecified atom stereocenters. The summed E-state index contributed by atoms with van der Waals surface area (Å²) in [6.45, 7) is 1.83. The van der Waals surface area contributed by atoms with Gasteiger partial charge >= 0.3 is 7.60 Å². The average Bonchev–Trinajstić information content (AvgIpc) is 2.87. The number of rotatable bonds is 8. The SMILES string of the molecule is BC1OC(OCP(=O)(OC)OC)C(O)C1OS(=O)(=O)c1ccc(C)cc1. The van der Waals surface area contributed by atoms with Crippen molar-refractivity contribution in [2.75, 3.05) is 20.6 Å². The maximum atomic E-state index is 12.4. The second-order valence-corrected chi connectivity index (χ2v) is 9.58. The summed E-state index contributed by atoms with van der Waals surface area (Å²) in [6.07, 6.45) is -4.30. The zero-order valence-electron chi connectivity index (χ0n) is 14.9. The molecule has 4 atom stereocenters. The molecular weight excluding hydrogens is 386 g/mol. The molecule has 0 aromatic heterocycles. The zero-order chi connectivity index (χ0) is 19.5. The van der Waals surface area contributed by atoms with Crippen LogP contribution in [0.2, 0.25) is 0 Å². The lowest BCUT2D eigenvalue weighted by atomic mass is 9.94. The molecule has 0 saturated carbocycles. The van der Waals surface area contributed by atoms with Crippen LogP contribution in [0.15, 0.2) is 29.2 Å². The lowest BCUT2D eigenvalue weighted by Gasteiger charge is -2.20. The van der Waals surface area contributed by atoms with Gasteiger partial charge in [0.05, 0.1) is 10.9 Å². The number of hydrogen-bond donors (Lipinski definition) is 1. The largest absolute Gasteiger partial charge is 0.385 e. The van der Waals surface area contributed by atoms with E-state index < -0.39 is 48.6 Å². The van der Waals surface area contributed by atoms with Crippen LogP contribution in [-0.4, -0.2) is 66.4 Å². The molecule has 0 aliphatic carbocycles.